The summed E-state index contributed by atoms with van der Waals surface area (Å²) in [6, 6.07) is 4.85. The van der Waals surface area contributed by atoms with Crippen molar-refractivity contribution in [3.8, 4) is 0 Å². The van der Waals surface area contributed by atoms with Crippen LogP contribution in [0.3, 0.4) is 0 Å². The van der Waals surface area contributed by atoms with E-state index in [-0.39, 0.29) is 24.4 Å². The Morgan fingerprint density at radius 2 is 1.61 bits per heavy atom. The molecule has 0 aliphatic heterocycles. The molecule has 174 valence electrons. The second kappa shape index (κ2) is 11.7. The Hall–Kier alpha value is -2.57. The summed E-state index contributed by atoms with van der Waals surface area (Å²) < 4.78 is 5.22. The highest BCUT2D eigenvalue weighted by Gasteiger charge is 2.33. The lowest BCUT2D eigenvalue weighted by Crippen LogP contribution is -2.50. The molecule has 1 aromatic rings. The minimum absolute atomic E-state index is 0.224. The second-order valence-corrected chi connectivity index (χ2v) is 9.22. The molecular weight excluding hydrogens is 394 g/mol. The summed E-state index contributed by atoms with van der Waals surface area (Å²) in [5.74, 6) is -0.576. The number of carbonyl (C=O) groups excluding carboxylic acids is 3. The smallest absolute Gasteiger partial charge is 0.408 e. The molecule has 0 aliphatic carbocycles. The molecule has 0 aliphatic rings. The Labute approximate surface area is 186 Å². The summed E-state index contributed by atoms with van der Waals surface area (Å²) in [6.07, 6.45) is 1.15. The number of carbonyl (C=O) groups is 3. The maximum Gasteiger partial charge on any atom is 0.408 e. The summed E-state index contributed by atoms with van der Waals surface area (Å²) in [5.41, 5.74) is 2.13. The highest BCUT2D eigenvalue weighted by atomic mass is 16.6. The number of nitrogens with one attached hydrogen (secondary N) is 2. The van der Waals surface area contributed by atoms with Gasteiger partial charge in [0, 0.05) is 12.6 Å². The molecule has 0 saturated carbocycles. The van der Waals surface area contributed by atoms with Gasteiger partial charge in [0.1, 0.15) is 18.2 Å². The topological polar surface area (TPSA) is 87.7 Å². The quantitative estimate of drug-likeness (QED) is 0.576. The van der Waals surface area contributed by atoms with Crippen molar-refractivity contribution in [2.45, 2.75) is 85.9 Å². The van der Waals surface area contributed by atoms with Gasteiger partial charge >= 0.3 is 6.09 Å². The van der Waals surface area contributed by atoms with Gasteiger partial charge in [-0.25, -0.2) is 4.79 Å². The normalized spacial score (nSPS) is 12.3. The fraction of sp³-hybridized carbons (Fsp3) is 0.625. The van der Waals surface area contributed by atoms with Gasteiger partial charge in [-0.3, -0.25) is 9.59 Å². The molecule has 1 aromatic carbocycles. The molecule has 0 heterocycles. The lowest BCUT2D eigenvalue weighted by molar-refractivity contribution is -0.142. The van der Waals surface area contributed by atoms with E-state index in [4.69, 9.17) is 4.74 Å². The summed E-state index contributed by atoms with van der Waals surface area (Å²) in [5, 5.41) is 5.47. The molecule has 0 spiro atoms. The van der Waals surface area contributed by atoms with E-state index in [1.165, 1.54) is 4.90 Å². The van der Waals surface area contributed by atoms with Gasteiger partial charge in [0.2, 0.25) is 11.8 Å². The second-order valence-electron chi connectivity index (χ2n) is 9.22. The van der Waals surface area contributed by atoms with Gasteiger partial charge in [-0.1, -0.05) is 42.7 Å². The van der Waals surface area contributed by atoms with Crippen LogP contribution in [-0.4, -0.2) is 47.5 Å². The van der Waals surface area contributed by atoms with Gasteiger partial charge in [0.15, 0.2) is 0 Å². The lowest BCUT2D eigenvalue weighted by Gasteiger charge is -2.35. The molecule has 7 nitrogen and oxygen atoms in total. The molecule has 0 bridgehead atoms. The zero-order valence-electron chi connectivity index (χ0n) is 20.3. The fourth-order valence-electron chi connectivity index (χ4n) is 3.37. The van der Waals surface area contributed by atoms with Crippen LogP contribution in [0.5, 0.6) is 0 Å². The molecule has 1 rings (SSSR count). The molecule has 3 amide bonds. The van der Waals surface area contributed by atoms with Crippen molar-refractivity contribution in [3.63, 3.8) is 0 Å². The number of aryl methyl sites for hydroxylation is 2. The van der Waals surface area contributed by atoms with Crippen molar-refractivity contribution in [2.24, 2.45) is 0 Å². The van der Waals surface area contributed by atoms with Crippen LogP contribution in [0.25, 0.3) is 0 Å². The predicted octanol–water partition coefficient (Wildman–Crippen LogP) is 4.02. The van der Waals surface area contributed by atoms with Gasteiger partial charge in [-0.05, 0) is 60.5 Å². The Morgan fingerprint density at radius 3 is 2.10 bits per heavy atom. The molecule has 7 heteroatoms. The number of unbranched alkanes of at least 4 members (excludes halogenated alkanes) is 1. The summed E-state index contributed by atoms with van der Waals surface area (Å²) in [4.78, 5) is 39.9. The standard InChI is InChI=1S/C24H39N3O4/c1-9-10-11-25-22(29)21(19-13-17(4)12-18(5)14-19)27(16(2)3)20(28)15-26-23(30)31-24(6,7)8/h12-14,16,21H,9-11,15H2,1-8H3,(H,25,29)(H,26,30). The first-order valence-corrected chi connectivity index (χ1v) is 11.0. The van der Waals surface area contributed by atoms with Crippen molar-refractivity contribution in [3.05, 3.63) is 34.9 Å². The number of alkyl carbamates (subject to hydrolysis) is 1. The van der Waals surface area contributed by atoms with E-state index >= 15 is 0 Å². The third-order valence-electron chi connectivity index (χ3n) is 4.54. The Bertz CT molecular complexity index is 748. The third kappa shape index (κ3) is 8.99. The number of hydrogen-bond acceptors (Lipinski definition) is 4. The van der Waals surface area contributed by atoms with Crippen molar-refractivity contribution in [2.75, 3.05) is 13.1 Å². The SMILES string of the molecule is CCCCNC(=O)C(c1cc(C)cc(C)c1)N(C(=O)CNC(=O)OC(C)(C)C)C(C)C. The molecule has 1 unspecified atom stereocenters. The van der Waals surface area contributed by atoms with E-state index in [0.29, 0.717) is 6.54 Å². The van der Waals surface area contributed by atoms with Crippen molar-refractivity contribution >= 4 is 17.9 Å². The van der Waals surface area contributed by atoms with Crippen molar-refractivity contribution < 1.29 is 19.1 Å². The Balaban J connectivity index is 3.18. The van der Waals surface area contributed by atoms with Gasteiger partial charge in [0.05, 0.1) is 0 Å². The largest absolute Gasteiger partial charge is 0.444 e. The fourth-order valence-corrected chi connectivity index (χ4v) is 3.37. The van der Waals surface area contributed by atoms with Crippen LogP contribution in [0.15, 0.2) is 18.2 Å². The van der Waals surface area contributed by atoms with E-state index in [1.54, 1.807) is 20.8 Å². The molecule has 0 aromatic heterocycles. The van der Waals surface area contributed by atoms with Crippen LogP contribution in [0, 0.1) is 13.8 Å². The Morgan fingerprint density at radius 1 is 1.03 bits per heavy atom. The highest BCUT2D eigenvalue weighted by molar-refractivity contribution is 5.90. The number of amides is 3. The summed E-state index contributed by atoms with van der Waals surface area (Å²) in [6.45, 7) is 15.3. The third-order valence-corrected chi connectivity index (χ3v) is 4.54. The minimum Gasteiger partial charge on any atom is -0.444 e. The molecule has 31 heavy (non-hydrogen) atoms. The first-order valence-electron chi connectivity index (χ1n) is 11.0. The van der Waals surface area contributed by atoms with Crippen molar-refractivity contribution in [1.82, 2.24) is 15.5 Å². The maximum atomic E-state index is 13.2. The van der Waals surface area contributed by atoms with E-state index in [9.17, 15) is 14.4 Å². The number of rotatable bonds is 9. The zero-order valence-corrected chi connectivity index (χ0v) is 20.3. The van der Waals surface area contributed by atoms with Crippen LogP contribution >= 0.6 is 0 Å². The van der Waals surface area contributed by atoms with Crippen molar-refractivity contribution in [1.29, 1.82) is 0 Å². The maximum absolute atomic E-state index is 13.2. The summed E-state index contributed by atoms with van der Waals surface area (Å²) >= 11 is 0. The molecular formula is C24H39N3O4. The highest BCUT2D eigenvalue weighted by Crippen LogP contribution is 2.26. The van der Waals surface area contributed by atoms with Crippen LogP contribution in [-0.2, 0) is 14.3 Å². The van der Waals surface area contributed by atoms with Crippen LogP contribution in [0.4, 0.5) is 4.79 Å². The molecule has 1 atom stereocenters. The summed E-state index contributed by atoms with van der Waals surface area (Å²) in [7, 11) is 0. The van der Waals surface area contributed by atoms with Crippen LogP contribution in [0.1, 0.15) is 77.1 Å². The van der Waals surface area contributed by atoms with E-state index in [0.717, 1.165) is 29.5 Å². The van der Waals surface area contributed by atoms with E-state index in [1.807, 2.05) is 45.9 Å². The predicted molar refractivity (Wildman–Crippen MR) is 123 cm³/mol. The van der Waals surface area contributed by atoms with Gasteiger partial charge in [-0.2, -0.15) is 0 Å². The molecule has 0 saturated heterocycles. The molecule has 0 fully saturated rings. The van der Waals surface area contributed by atoms with Crippen LogP contribution in [0.2, 0.25) is 0 Å². The Kier molecular flexibility index (Phi) is 10.0. The average molecular weight is 434 g/mol. The first kappa shape index (κ1) is 26.5. The average Bonchev–Trinajstić information content (AvgIpc) is 2.61. The van der Waals surface area contributed by atoms with Gasteiger partial charge in [0.25, 0.3) is 0 Å². The van der Waals surface area contributed by atoms with Gasteiger partial charge < -0.3 is 20.3 Å². The lowest BCUT2D eigenvalue weighted by atomic mass is 9.98. The van der Waals surface area contributed by atoms with E-state index < -0.39 is 17.7 Å². The zero-order chi connectivity index (χ0) is 23.8. The molecule has 2 N–H and O–H groups in total. The first-order chi connectivity index (χ1) is 14.4. The monoisotopic (exact) mass is 433 g/mol. The minimum atomic E-state index is -0.789. The van der Waals surface area contributed by atoms with Crippen LogP contribution < -0.4 is 10.6 Å². The van der Waals surface area contributed by atoms with E-state index in [2.05, 4.69) is 17.6 Å². The number of ether oxygens (including phenoxy) is 1. The number of hydrogen-bond donors (Lipinski definition) is 2. The number of nitrogens with zero attached hydrogens (tertiary/aromatic N) is 1. The number of benzene rings is 1. The van der Waals surface area contributed by atoms with Gasteiger partial charge in [-0.15, -0.1) is 0 Å². The molecule has 0 radical (unpaired) electrons.